The average molecular weight is 387 g/mol. The number of fused-ring (bicyclic) bond motifs is 3. The highest BCUT2D eigenvalue weighted by molar-refractivity contribution is 6.09. The molecule has 1 amide bonds. The van der Waals surface area contributed by atoms with Crippen LogP contribution in [0.25, 0.3) is 21.8 Å². The summed E-state index contributed by atoms with van der Waals surface area (Å²) >= 11 is 0. The molecule has 4 aromatic rings. The van der Waals surface area contributed by atoms with E-state index < -0.39 is 0 Å². The van der Waals surface area contributed by atoms with Crippen molar-refractivity contribution in [3.05, 3.63) is 71.8 Å². The van der Waals surface area contributed by atoms with Gasteiger partial charge in [0.2, 0.25) is 0 Å². The molecule has 3 aromatic carbocycles. The summed E-state index contributed by atoms with van der Waals surface area (Å²) in [5.74, 6) is -0.172. The fraction of sp³-hybridized carbons (Fsp3) is 0.130. The zero-order valence-electron chi connectivity index (χ0n) is 16.2. The number of aromatic nitrogens is 1. The molecule has 6 nitrogen and oxygen atoms in total. The number of carbonyl (C=O) groups is 1. The quantitative estimate of drug-likeness (QED) is 0.396. The van der Waals surface area contributed by atoms with E-state index >= 15 is 0 Å². The lowest BCUT2D eigenvalue weighted by molar-refractivity contribution is 0.0954. The maximum absolute atomic E-state index is 12.3. The second-order valence-corrected chi connectivity index (χ2v) is 6.62. The Labute approximate surface area is 168 Å². The summed E-state index contributed by atoms with van der Waals surface area (Å²) in [5, 5.41) is 16.1. The Balaban J connectivity index is 1.59. The molecule has 146 valence electrons. The molecule has 0 fully saturated rings. The van der Waals surface area contributed by atoms with E-state index in [1.54, 1.807) is 6.21 Å². The third-order valence-electron chi connectivity index (χ3n) is 4.93. The molecule has 1 heterocycles. The Morgan fingerprint density at radius 2 is 1.90 bits per heavy atom. The van der Waals surface area contributed by atoms with Gasteiger partial charge in [0.25, 0.3) is 5.91 Å². The third-order valence-corrected chi connectivity index (χ3v) is 4.93. The van der Waals surface area contributed by atoms with Crippen molar-refractivity contribution >= 4 is 33.9 Å². The van der Waals surface area contributed by atoms with E-state index in [1.165, 1.54) is 41.7 Å². The first-order chi connectivity index (χ1) is 14.1. The van der Waals surface area contributed by atoms with Gasteiger partial charge in [-0.05, 0) is 48.9 Å². The largest absolute Gasteiger partial charge is 0.504 e. The van der Waals surface area contributed by atoms with Crippen molar-refractivity contribution in [1.29, 1.82) is 0 Å². The number of para-hydroxylation sites is 1. The number of rotatable bonds is 5. The molecule has 0 unspecified atom stereocenters. The summed E-state index contributed by atoms with van der Waals surface area (Å²) in [7, 11) is 1.43. The predicted molar refractivity (Wildman–Crippen MR) is 115 cm³/mol. The predicted octanol–water partition coefficient (Wildman–Crippen LogP) is 4.29. The molecule has 0 atom stereocenters. The summed E-state index contributed by atoms with van der Waals surface area (Å²) in [5.41, 5.74) is 6.12. The van der Waals surface area contributed by atoms with E-state index in [1.807, 2.05) is 18.2 Å². The fourth-order valence-electron chi connectivity index (χ4n) is 3.54. The number of nitrogens with one attached hydrogen (secondary N) is 1. The molecule has 0 aliphatic rings. The van der Waals surface area contributed by atoms with Crippen LogP contribution in [0.3, 0.4) is 0 Å². The monoisotopic (exact) mass is 387 g/mol. The SMILES string of the molecule is CCn1c2ccccc2c2cc(/C=N/NC(=O)c3ccc(O)c(OC)c3)ccc21. The Hall–Kier alpha value is -3.80. The number of aromatic hydroxyl groups is 1. The Bertz CT molecular complexity index is 1240. The molecule has 0 bridgehead atoms. The maximum Gasteiger partial charge on any atom is 0.271 e. The van der Waals surface area contributed by atoms with Crippen molar-refractivity contribution in [3.63, 3.8) is 0 Å². The lowest BCUT2D eigenvalue weighted by Gasteiger charge is -2.05. The van der Waals surface area contributed by atoms with Gasteiger partial charge in [0, 0.05) is 33.9 Å². The van der Waals surface area contributed by atoms with Crippen molar-refractivity contribution in [2.24, 2.45) is 5.10 Å². The summed E-state index contributed by atoms with van der Waals surface area (Å²) in [6.45, 7) is 3.03. The lowest BCUT2D eigenvalue weighted by Crippen LogP contribution is -2.17. The van der Waals surface area contributed by atoms with Gasteiger partial charge in [-0.2, -0.15) is 5.10 Å². The normalized spacial score (nSPS) is 11.4. The van der Waals surface area contributed by atoms with Gasteiger partial charge in [-0.15, -0.1) is 0 Å². The van der Waals surface area contributed by atoms with Gasteiger partial charge in [0.05, 0.1) is 13.3 Å². The molecule has 1 aromatic heterocycles. The highest BCUT2D eigenvalue weighted by Gasteiger charge is 2.10. The molecule has 0 saturated carbocycles. The van der Waals surface area contributed by atoms with Crippen LogP contribution >= 0.6 is 0 Å². The number of nitrogens with zero attached hydrogens (tertiary/aromatic N) is 2. The van der Waals surface area contributed by atoms with Crippen molar-refractivity contribution < 1.29 is 14.6 Å². The van der Waals surface area contributed by atoms with Crippen LogP contribution in [0.15, 0.2) is 65.8 Å². The van der Waals surface area contributed by atoms with Crippen LogP contribution < -0.4 is 10.2 Å². The van der Waals surface area contributed by atoms with Gasteiger partial charge in [-0.3, -0.25) is 4.79 Å². The minimum absolute atomic E-state index is 0.0212. The number of methoxy groups -OCH3 is 1. The second kappa shape index (κ2) is 7.67. The van der Waals surface area contributed by atoms with Gasteiger partial charge in [-0.25, -0.2) is 5.43 Å². The molecule has 0 spiro atoms. The van der Waals surface area contributed by atoms with Crippen molar-refractivity contribution in [2.45, 2.75) is 13.5 Å². The summed E-state index contributed by atoms with van der Waals surface area (Å²) in [6, 6.07) is 18.8. The Morgan fingerprint density at radius 1 is 1.10 bits per heavy atom. The first-order valence-corrected chi connectivity index (χ1v) is 9.33. The van der Waals surface area contributed by atoms with Crippen LogP contribution in [0.4, 0.5) is 0 Å². The minimum atomic E-state index is -0.386. The molecular weight excluding hydrogens is 366 g/mol. The molecule has 2 N–H and O–H groups in total. The summed E-state index contributed by atoms with van der Waals surface area (Å²) < 4.78 is 7.31. The van der Waals surface area contributed by atoms with E-state index in [0.29, 0.717) is 5.56 Å². The molecule has 0 aliphatic heterocycles. The highest BCUT2D eigenvalue weighted by atomic mass is 16.5. The van der Waals surface area contributed by atoms with Crippen LogP contribution in [-0.4, -0.2) is 28.9 Å². The van der Waals surface area contributed by atoms with Crippen molar-refractivity contribution in [1.82, 2.24) is 9.99 Å². The zero-order valence-corrected chi connectivity index (χ0v) is 16.2. The number of benzene rings is 3. The van der Waals surface area contributed by atoms with E-state index in [9.17, 15) is 9.90 Å². The molecule has 6 heteroatoms. The zero-order chi connectivity index (χ0) is 20.4. The second-order valence-electron chi connectivity index (χ2n) is 6.62. The number of carbonyl (C=O) groups excluding carboxylic acids is 1. The Kier molecular flexibility index (Phi) is 4.91. The van der Waals surface area contributed by atoms with Gasteiger partial charge in [0.15, 0.2) is 11.5 Å². The van der Waals surface area contributed by atoms with Crippen molar-refractivity contribution in [3.8, 4) is 11.5 Å². The van der Waals surface area contributed by atoms with Gasteiger partial charge in [-0.1, -0.05) is 24.3 Å². The van der Waals surface area contributed by atoms with Crippen LogP contribution in [0, 0.1) is 0 Å². The fourth-order valence-corrected chi connectivity index (χ4v) is 3.54. The molecule has 0 aliphatic carbocycles. The highest BCUT2D eigenvalue weighted by Crippen LogP contribution is 2.29. The number of amides is 1. The van der Waals surface area contributed by atoms with Crippen molar-refractivity contribution in [2.75, 3.05) is 7.11 Å². The van der Waals surface area contributed by atoms with Crippen LogP contribution in [0.5, 0.6) is 11.5 Å². The molecule has 4 rings (SSSR count). The first kappa shape index (κ1) is 18.6. The van der Waals surface area contributed by atoms with E-state index in [-0.39, 0.29) is 17.4 Å². The Morgan fingerprint density at radius 3 is 2.69 bits per heavy atom. The van der Waals surface area contributed by atoms with Gasteiger partial charge in [0.1, 0.15) is 0 Å². The van der Waals surface area contributed by atoms with Gasteiger partial charge >= 0.3 is 0 Å². The molecule has 0 saturated heterocycles. The van der Waals surface area contributed by atoms with Crippen LogP contribution in [0.2, 0.25) is 0 Å². The van der Waals surface area contributed by atoms with E-state index in [4.69, 9.17) is 4.74 Å². The van der Waals surface area contributed by atoms with Crippen LogP contribution in [0.1, 0.15) is 22.8 Å². The number of phenolic OH excluding ortho intramolecular Hbond substituents is 1. The maximum atomic E-state index is 12.3. The summed E-state index contributed by atoms with van der Waals surface area (Å²) in [4.78, 5) is 12.3. The topological polar surface area (TPSA) is 75.9 Å². The third kappa shape index (κ3) is 3.40. The smallest absolute Gasteiger partial charge is 0.271 e. The number of phenols is 1. The first-order valence-electron chi connectivity index (χ1n) is 9.33. The van der Waals surface area contributed by atoms with E-state index in [0.717, 1.165) is 17.5 Å². The molecule has 29 heavy (non-hydrogen) atoms. The number of hydrogen-bond acceptors (Lipinski definition) is 4. The number of aryl methyl sites for hydroxylation is 1. The summed E-state index contributed by atoms with van der Waals surface area (Å²) in [6.07, 6.45) is 1.62. The van der Waals surface area contributed by atoms with E-state index in [2.05, 4.69) is 46.3 Å². The number of hydrazone groups is 1. The lowest BCUT2D eigenvalue weighted by atomic mass is 10.1. The van der Waals surface area contributed by atoms with Gasteiger partial charge < -0.3 is 14.4 Å². The average Bonchev–Trinajstić information content (AvgIpc) is 3.07. The molecular formula is C23H21N3O3. The van der Waals surface area contributed by atoms with Crippen LogP contribution in [-0.2, 0) is 6.54 Å². The molecule has 0 radical (unpaired) electrons. The number of hydrogen-bond donors (Lipinski definition) is 2. The minimum Gasteiger partial charge on any atom is -0.504 e. The standard InChI is InChI=1S/C23H21N3O3/c1-3-26-19-7-5-4-6-17(19)18-12-15(8-10-20(18)26)14-24-25-23(28)16-9-11-21(27)22(13-16)29-2/h4-14,27H,3H2,1-2H3,(H,25,28)/b24-14+. The number of ether oxygens (including phenoxy) is 1.